The van der Waals surface area contributed by atoms with E-state index >= 15 is 0 Å². The number of benzene rings is 2. The standard InChI is InChI=1S/C20H18N2O3S/c1-12-4-5-13(2)15(8-12)21-20-22(3)19(23)18(26-20)10-14-6-7-16-17(9-14)25-11-24-16/h4-10H,11H2,1-3H3/b18-10-,21-20?. The first-order valence-corrected chi connectivity index (χ1v) is 9.06. The Morgan fingerprint density at radius 2 is 1.92 bits per heavy atom. The van der Waals surface area contributed by atoms with Crippen LogP contribution in [0, 0.1) is 13.8 Å². The zero-order valence-electron chi connectivity index (χ0n) is 14.8. The average molecular weight is 366 g/mol. The molecule has 2 heterocycles. The molecule has 0 spiro atoms. The number of likely N-dealkylation sites (N-methyl/N-ethyl adjacent to an activating group) is 1. The molecule has 5 nitrogen and oxygen atoms in total. The van der Waals surface area contributed by atoms with Gasteiger partial charge in [0.25, 0.3) is 5.91 Å². The minimum atomic E-state index is -0.0586. The van der Waals surface area contributed by atoms with Gasteiger partial charge in [-0.15, -0.1) is 0 Å². The highest BCUT2D eigenvalue weighted by molar-refractivity contribution is 8.18. The Hall–Kier alpha value is -2.73. The van der Waals surface area contributed by atoms with Crippen molar-refractivity contribution in [2.45, 2.75) is 13.8 Å². The van der Waals surface area contributed by atoms with Crippen LogP contribution in [0.1, 0.15) is 16.7 Å². The summed E-state index contributed by atoms with van der Waals surface area (Å²) in [6.45, 7) is 4.28. The summed E-state index contributed by atoms with van der Waals surface area (Å²) in [4.78, 5) is 19.5. The fourth-order valence-corrected chi connectivity index (χ4v) is 3.73. The number of hydrogen-bond donors (Lipinski definition) is 0. The molecule has 0 bridgehead atoms. The highest BCUT2D eigenvalue weighted by Gasteiger charge is 2.30. The summed E-state index contributed by atoms with van der Waals surface area (Å²) in [6, 6.07) is 11.8. The van der Waals surface area contributed by atoms with E-state index in [0.717, 1.165) is 28.1 Å². The van der Waals surface area contributed by atoms with Crippen molar-refractivity contribution in [1.82, 2.24) is 4.90 Å². The summed E-state index contributed by atoms with van der Waals surface area (Å²) >= 11 is 1.38. The van der Waals surface area contributed by atoms with E-state index in [-0.39, 0.29) is 12.7 Å². The van der Waals surface area contributed by atoms with E-state index in [4.69, 9.17) is 14.5 Å². The minimum absolute atomic E-state index is 0.0586. The highest BCUT2D eigenvalue weighted by Crippen LogP contribution is 2.37. The smallest absolute Gasteiger partial charge is 0.266 e. The number of ether oxygens (including phenoxy) is 2. The van der Waals surface area contributed by atoms with Gasteiger partial charge < -0.3 is 9.47 Å². The molecule has 2 aromatic carbocycles. The molecule has 2 aromatic rings. The fourth-order valence-electron chi connectivity index (χ4n) is 2.75. The van der Waals surface area contributed by atoms with E-state index in [1.165, 1.54) is 11.8 Å². The summed E-state index contributed by atoms with van der Waals surface area (Å²) < 4.78 is 10.7. The maximum atomic E-state index is 12.6. The molecular weight excluding hydrogens is 348 g/mol. The van der Waals surface area contributed by atoms with Crippen molar-refractivity contribution in [3.8, 4) is 11.5 Å². The van der Waals surface area contributed by atoms with Gasteiger partial charge in [-0.3, -0.25) is 9.69 Å². The molecule has 6 heteroatoms. The molecular formula is C20H18N2O3S. The molecule has 0 radical (unpaired) electrons. The third-order valence-electron chi connectivity index (χ3n) is 4.28. The molecule has 2 aliphatic rings. The first-order chi connectivity index (χ1) is 12.5. The quantitative estimate of drug-likeness (QED) is 0.745. The number of hydrogen-bond acceptors (Lipinski definition) is 5. The number of carbonyl (C=O) groups excluding carboxylic acids is 1. The van der Waals surface area contributed by atoms with Gasteiger partial charge in [-0.1, -0.05) is 18.2 Å². The maximum absolute atomic E-state index is 12.6. The number of aryl methyl sites for hydroxylation is 2. The first-order valence-electron chi connectivity index (χ1n) is 8.24. The molecule has 4 rings (SSSR count). The zero-order valence-corrected chi connectivity index (χ0v) is 15.6. The third kappa shape index (κ3) is 3.08. The Morgan fingerprint density at radius 1 is 1.12 bits per heavy atom. The molecule has 0 aromatic heterocycles. The molecule has 0 atom stereocenters. The molecule has 1 saturated heterocycles. The summed E-state index contributed by atoms with van der Waals surface area (Å²) in [5, 5.41) is 0.677. The number of rotatable bonds is 2. The fraction of sp³-hybridized carbons (Fsp3) is 0.200. The number of nitrogens with zero attached hydrogens (tertiary/aromatic N) is 2. The molecule has 26 heavy (non-hydrogen) atoms. The average Bonchev–Trinajstić information content (AvgIpc) is 3.18. The first kappa shape index (κ1) is 16.7. The second-order valence-electron chi connectivity index (χ2n) is 6.27. The van der Waals surface area contributed by atoms with Crippen LogP contribution in [0.3, 0.4) is 0 Å². The Labute approximate surface area is 156 Å². The van der Waals surface area contributed by atoms with Crippen molar-refractivity contribution in [3.63, 3.8) is 0 Å². The van der Waals surface area contributed by atoms with Gasteiger partial charge in [0.15, 0.2) is 16.7 Å². The van der Waals surface area contributed by atoms with Crippen molar-refractivity contribution in [2.75, 3.05) is 13.8 Å². The van der Waals surface area contributed by atoms with Crippen LogP contribution in [0.25, 0.3) is 6.08 Å². The summed E-state index contributed by atoms with van der Waals surface area (Å²) in [5.74, 6) is 1.37. The Morgan fingerprint density at radius 3 is 2.77 bits per heavy atom. The van der Waals surface area contributed by atoms with Gasteiger partial charge in [0.1, 0.15) is 0 Å². The van der Waals surface area contributed by atoms with Crippen LogP contribution in [-0.2, 0) is 4.79 Å². The number of carbonyl (C=O) groups is 1. The van der Waals surface area contributed by atoms with E-state index in [0.29, 0.717) is 15.8 Å². The van der Waals surface area contributed by atoms with Gasteiger partial charge >= 0.3 is 0 Å². The van der Waals surface area contributed by atoms with Gasteiger partial charge in [0.05, 0.1) is 10.6 Å². The lowest BCUT2D eigenvalue weighted by Gasteiger charge is -2.08. The Balaban J connectivity index is 1.65. The van der Waals surface area contributed by atoms with Crippen LogP contribution in [0.15, 0.2) is 46.3 Å². The van der Waals surface area contributed by atoms with E-state index < -0.39 is 0 Å². The Kier molecular flexibility index (Phi) is 4.20. The molecule has 1 fully saturated rings. The van der Waals surface area contributed by atoms with Crippen LogP contribution < -0.4 is 9.47 Å². The van der Waals surface area contributed by atoms with Crippen molar-refractivity contribution < 1.29 is 14.3 Å². The zero-order chi connectivity index (χ0) is 18.3. The molecule has 0 aliphatic carbocycles. The largest absolute Gasteiger partial charge is 0.454 e. The van der Waals surface area contributed by atoms with Gasteiger partial charge in [0, 0.05) is 7.05 Å². The number of aliphatic imine (C=N–C) groups is 1. The second-order valence-corrected chi connectivity index (χ2v) is 7.28. The summed E-state index contributed by atoms with van der Waals surface area (Å²) in [7, 11) is 1.75. The summed E-state index contributed by atoms with van der Waals surface area (Å²) in [6.07, 6.45) is 1.86. The predicted molar refractivity (Wildman–Crippen MR) is 104 cm³/mol. The molecule has 132 valence electrons. The molecule has 0 saturated carbocycles. The molecule has 1 amide bonds. The van der Waals surface area contributed by atoms with E-state index in [1.807, 2.05) is 50.3 Å². The summed E-state index contributed by atoms with van der Waals surface area (Å²) in [5.41, 5.74) is 4.00. The Bertz CT molecular complexity index is 966. The number of fused-ring (bicyclic) bond motifs is 1. The molecule has 0 unspecified atom stereocenters. The van der Waals surface area contributed by atoms with Crippen LogP contribution in [0.2, 0.25) is 0 Å². The molecule has 2 aliphatic heterocycles. The van der Waals surface area contributed by atoms with Gasteiger partial charge in [0.2, 0.25) is 6.79 Å². The van der Waals surface area contributed by atoms with Gasteiger partial charge in [-0.2, -0.15) is 0 Å². The van der Waals surface area contributed by atoms with E-state index in [9.17, 15) is 4.79 Å². The maximum Gasteiger partial charge on any atom is 0.266 e. The van der Waals surface area contributed by atoms with Crippen molar-refractivity contribution in [1.29, 1.82) is 0 Å². The van der Waals surface area contributed by atoms with E-state index in [2.05, 4.69) is 6.07 Å². The van der Waals surface area contributed by atoms with Gasteiger partial charge in [-0.25, -0.2) is 4.99 Å². The third-order valence-corrected chi connectivity index (χ3v) is 5.34. The lowest BCUT2D eigenvalue weighted by Crippen LogP contribution is -2.23. The van der Waals surface area contributed by atoms with Crippen LogP contribution in [0.5, 0.6) is 11.5 Å². The predicted octanol–water partition coefficient (Wildman–Crippen LogP) is 4.27. The topological polar surface area (TPSA) is 51.1 Å². The number of thioether (sulfide) groups is 1. The van der Waals surface area contributed by atoms with Gasteiger partial charge in [-0.05, 0) is 66.6 Å². The van der Waals surface area contributed by atoms with Crippen molar-refractivity contribution in [2.24, 2.45) is 4.99 Å². The van der Waals surface area contributed by atoms with Crippen LogP contribution >= 0.6 is 11.8 Å². The normalized spacial score (nSPS) is 19.0. The number of amides is 1. The highest BCUT2D eigenvalue weighted by atomic mass is 32.2. The van der Waals surface area contributed by atoms with Crippen LogP contribution in [-0.4, -0.2) is 29.8 Å². The lowest BCUT2D eigenvalue weighted by atomic mass is 10.1. The van der Waals surface area contributed by atoms with Crippen molar-refractivity contribution >= 4 is 34.6 Å². The SMILES string of the molecule is Cc1ccc(C)c(N=C2S/C(=C\c3ccc4c(c3)OCO4)C(=O)N2C)c1. The van der Waals surface area contributed by atoms with Crippen LogP contribution in [0.4, 0.5) is 5.69 Å². The molecule has 0 N–H and O–H groups in total. The minimum Gasteiger partial charge on any atom is -0.454 e. The van der Waals surface area contributed by atoms with Crippen molar-refractivity contribution in [3.05, 3.63) is 58.0 Å². The second kappa shape index (κ2) is 6.53. The monoisotopic (exact) mass is 366 g/mol. The lowest BCUT2D eigenvalue weighted by molar-refractivity contribution is -0.121. The number of amidine groups is 1. The van der Waals surface area contributed by atoms with E-state index in [1.54, 1.807) is 11.9 Å².